The van der Waals surface area contributed by atoms with E-state index in [-0.39, 0.29) is 15.7 Å². The minimum absolute atomic E-state index is 0.0154. The molecule has 0 heterocycles. The molecule has 7 heteroatoms. The number of rotatable bonds is 2. The van der Waals surface area contributed by atoms with E-state index in [0.29, 0.717) is 0 Å². The number of carbonyl (C=O) groups excluding carboxylic acids is 1. The summed E-state index contributed by atoms with van der Waals surface area (Å²) in [5.41, 5.74) is -0.442. The summed E-state index contributed by atoms with van der Waals surface area (Å²) in [6.07, 6.45) is 0. The molecule has 0 saturated heterocycles. The van der Waals surface area contributed by atoms with Crippen LogP contribution < -0.4 is 5.32 Å². The number of carbonyl (C=O) groups is 2. The van der Waals surface area contributed by atoms with Crippen LogP contribution >= 0.6 is 23.2 Å². The van der Waals surface area contributed by atoms with Gasteiger partial charge >= 0.3 is 5.97 Å². The summed E-state index contributed by atoms with van der Waals surface area (Å²) in [6.45, 7) is 1.23. The van der Waals surface area contributed by atoms with Gasteiger partial charge in [-0.15, -0.1) is 0 Å². The van der Waals surface area contributed by atoms with Crippen molar-refractivity contribution in [3.8, 4) is 5.75 Å². The van der Waals surface area contributed by atoms with E-state index in [1.165, 1.54) is 6.92 Å². The van der Waals surface area contributed by atoms with Gasteiger partial charge in [-0.2, -0.15) is 0 Å². The van der Waals surface area contributed by atoms with E-state index in [4.69, 9.17) is 28.3 Å². The molecule has 86 valence electrons. The zero-order valence-electron chi connectivity index (χ0n) is 8.04. The molecule has 0 fully saturated rings. The van der Waals surface area contributed by atoms with E-state index in [1.54, 1.807) is 0 Å². The zero-order valence-corrected chi connectivity index (χ0v) is 9.56. The fourth-order valence-corrected chi connectivity index (χ4v) is 1.61. The van der Waals surface area contributed by atoms with E-state index < -0.39 is 23.2 Å². The first-order valence-electron chi connectivity index (χ1n) is 4.06. The van der Waals surface area contributed by atoms with Crippen molar-refractivity contribution in [1.29, 1.82) is 0 Å². The Labute approximate surface area is 101 Å². The van der Waals surface area contributed by atoms with Gasteiger partial charge in [-0.3, -0.25) is 4.79 Å². The number of halogens is 2. The number of hydrogen-bond acceptors (Lipinski definition) is 3. The summed E-state index contributed by atoms with van der Waals surface area (Å²) in [6, 6.07) is 1.01. The smallest absolute Gasteiger partial charge is 0.339 e. The molecule has 1 aromatic rings. The van der Waals surface area contributed by atoms with Gasteiger partial charge in [-0.05, 0) is 6.07 Å². The molecule has 0 spiro atoms. The molecule has 0 atom stereocenters. The Morgan fingerprint density at radius 3 is 2.38 bits per heavy atom. The van der Waals surface area contributed by atoms with E-state index in [0.717, 1.165) is 6.07 Å². The van der Waals surface area contributed by atoms with Crippen LogP contribution in [0.5, 0.6) is 5.75 Å². The first kappa shape index (κ1) is 12.6. The van der Waals surface area contributed by atoms with Crippen molar-refractivity contribution in [2.24, 2.45) is 0 Å². The number of nitrogens with one attached hydrogen (secondary N) is 1. The zero-order chi connectivity index (χ0) is 12.5. The molecule has 3 N–H and O–H groups in total. The predicted molar refractivity (Wildman–Crippen MR) is 59.4 cm³/mol. The van der Waals surface area contributed by atoms with Crippen LogP contribution in [0.25, 0.3) is 0 Å². The van der Waals surface area contributed by atoms with Gasteiger partial charge in [0.25, 0.3) is 0 Å². The summed E-state index contributed by atoms with van der Waals surface area (Å²) in [5.74, 6) is -2.44. The number of aromatic hydroxyl groups is 1. The number of amides is 1. The molecule has 1 amide bonds. The van der Waals surface area contributed by atoms with Crippen LogP contribution in [0.4, 0.5) is 5.69 Å². The number of phenols is 1. The maximum absolute atomic E-state index is 10.8. The summed E-state index contributed by atoms with van der Waals surface area (Å²) in [7, 11) is 0. The fraction of sp³-hybridized carbons (Fsp3) is 0.111. The third-order valence-corrected chi connectivity index (χ3v) is 2.39. The van der Waals surface area contributed by atoms with Crippen molar-refractivity contribution in [3.63, 3.8) is 0 Å². The van der Waals surface area contributed by atoms with E-state index in [1.807, 2.05) is 0 Å². The van der Waals surface area contributed by atoms with Crippen molar-refractivity contribution in [2.45, 2.75) is 6.92 Å². The summed E-state index contributed by atoms with van der Waals surface area (Å²) in [4.78, 5) is 21.5. The van der Waals surface area contributed by atoms with Gasteiger partial charge in [0, 0.05) is 6.92 Å². The molecule has 0 aliphatic rings. The molecular weight excluding hydrogens is 257 g/mol. The number of carboxylic acid groups (broad SMARTS) is 1. The Morgan fingerprint density at radius 2 is 1.94 bits per heavy atom. The van der Waals surface area contributed by atoms with Gasteiger partial charge in [0.2, 0.25) is 5.91 Å². The Morgan fingerprint density at radius 1 is 1.38 bits per heavy atom. The number of hydrogen-bond donors (Lipinski definition) is 3. The number of benzene rings is 1. The first-order chi connectivity index (χ1) is 7.34. The summed E-state index contributed by atoms with van der Waals surface area (Å²) in [5, 5.41) is 20.1. The van der Waals surface area contributed by atoms with Crippen LogP contribution in [0.2, 0.25) is 10.0 Å². The van der Waals surface area contributed by atoms with Gasteiger partial charge in [0.05, 0.1) is 10.7 Å². The topological polar surface area (TPSA) is 86.6 Å². The molecule has 0 aliphatic carbocycles. The molecule has 1 aromatic carbocycles. The lowest BCUT2D eigenvalue weighted by Gasteiger charge is -2.10. The molecule has 0 bridgehead atoms. The minimum Gasteiger partial charge on any atom is -0.505 e. The van der Waals surface area contributed by atoms with Crippen LogP contribution in [0, 0.1) is 0 Å². The summed E-state index contributed by atoms with van der Waals surface area (Å²) < 4.78 is 0. The van der Waals surface area contributed by atoms with Gasteiger partial charge < -0.3 is 15.5 Å². The summed E-state index contributed by atoms with van der Waals surface area (Å²) >= 11 is 11.4. The number of aromatic carboxylic acids is 1. The highest BCUT2D eigenvalue weighted by molar-refractivity contribution is 6.41. The van der Waals surface area contributed by atoms with Crippen LogP contribution in [-0.2, 0) is 4.79 Å². The van der Waals surface area contributed by atoms with Gasteiger partial charge in [-0.1, -0.05) is 23.2 Å². The standard InChI is InChI=1S/C9H7Cl2NO4/c1-3(13)12-7-5(10)2-4(9(15)16)8(14)6(7)11/h2,14H,1H3,(H,12,13)(H,15,16). The highest BCUT2D eigenvalue weighted by Gasteiger charge is 2.19. The molecular formula is C9H7Cl2NO4. The third-order valence-electron chi connectivity index (χ3n) is 1.72. The molecule has 0 unspecified atom stereocenters. The van der Waals surface area contributed by atoms with E-state index in [2.05, 4.69) is 5.32 Å². The van der Waals surface area contributed by atoms with Crippen LogP contribution in [0.1, 0.15) is 17.3 Å². The number of carboxylic acids is 1. The highest BCUT2D eigenvalue weighted by Crippen LogP contribution is 2.39. The van der Waals surface area contributed by atoms with E-state index in [9.17, 15) is 14.7 Å². The Hall–Kier alpha value is -1.46. The average molecular weight is 264 g/mol. The van der Waals surface area contributed by atoms with Crippen LogP contribution in [0.3, 0.4) is 0 Å². The number of anilines is 1. The molecule has 16 heavy (non-hydrogen) atoms. The average Bonchev–Trinajstić information content (AvgIpc) is 2.17. The fourth-order valence-electron chi connectivity index (χ4n) is 1.06. The van der Waals surface area contributed by atoms with Crippen molar-refractivity contribution in [1.82, 2.24) is 0 Å². The second-order valence-corrected chi connectivity index (χ2v) is 3.72. The highest BCUT2D eigenvalue weighted by atomic mass is 35.5. The largest absolute Gasteiger partial charge is 0.505 e. The SMILES string of the molecule is CC(=O)Nc1c(Cl)cc(C(=O)O)c(O)c1Cl. The van der Waals surface area contributed by atoms with Gasteiger partial charge in [0.1, 0.15) is 10.6 Å². The first-order valence-corrected chi connectivity index (χ1v) is 4.82. The van der Waals surface area contributed by atoms with Gasteiger partial charge in [-0.25, -0.2) is 4.79 Å². The van der Waals surface area contributed by atoms with E-state index >= 15 is 0 Å². The lowest BCUT2D eigenvalue weighted by atomic mass is 10.1. The normalized spacial score (nSPS) is 9.94. The Balaban J connectivity index is 3.39. The maximum Gasteiger partial charge on any atom is 0.339 e. The van der Waals surface area contributed by atoms with Crippen molar-refractivity contribution in [2.75, 3.05) is 5.32 Å². The van der Waals surface area contributed by atoms with Crippen molar-refractivity contribution < 1.29 is 19.8 Å². The second-order valence-electron chi connectivity index (χ2n) is 2.93. The predicted octanol–water partition coefficient (Wildman–Crippen LogP) is 2.36. The molecule has 1 rings (SSSR count). The van der Waals surface area contributed by atoms with Crippen molar-refractivity contribution >= 4 is 40.8 Å². The molecule has 0 radical (unpaired) electrons. The van der Waals surface area contributed by atoms with Crippen LogP contribution in [-0.4, -0.2) is 22.1 Å². The quantitative estimate of drug-likeness (QED) is 0.765. The lowest BCUT2D eigenvalue weighted by Crippen LogP contribution is -2.08. The monoisotopic (exact) mass is 263 g/mol. The lowest BCUT2D eigenvalue weighted by molar-refractivity contribution is -0.114. The maximum atomic E-state index is 10.8. The molecule has 5 nitrogen and oxygen atoms in total. The van der Waals surface area contributed by atoms with Gasteiger partial charge in [0.15, 0.2) is 5.75 Å². The molecule has 0 aliphatic heterocycles. The third kappa shape index (κ3) is 2.37. The second kappa shape index (κ2) is 4.59. The molecule has 0 saturated carbocycles. The minimum atomic E-state index is -1.37. The molecule has 0 aromatic heterocycles. The van der Waals surface area contributed by atoms with Crippen LogP contribution in [0.15, 0.2) is 6.07 Å². The Bertz CT molecular complexity index is 473. The Kier molecular flexibility index (Phi) is 3.62. The van der Waals surface area contributed by atoms with Crippen molar-refractivity contribution in [3.05, 3.63) is 21.7 Å².